The quantitative estimate of drug-likeness (QED) is 0.356. The normalized spacial score (nSPS) is 34.5. The summed E-state index contributed by atoms with van der Waals surface area (Å²) in [5.74, 6) is 0. The molecule has 3 nitrogen and oxygen atoms in total. The Morgan fingerprint density at radius 3 is 2.88 bits per heavy atom. The molecular weight excluding hydrogens is 124 g/mol. The summed E-state index contributed by atoms with van der Waals surface area (Å²) < 4.78 is 14.3. The lowest BCUT2D eigenvalue weighted by Crippen LogP contribution is -1.93. The maximum absolute atomic E-state index is 10.9. The Balaban J connectivity index is 3.15. The van der Waals surface area contributed by atoms with Crippen LogP contribution in [0.15, 0.2) is 9.39 Å². The molecule has 1 unspecified atom stereocenters. The fourth-order valence-corrected chi connectivity index (χ4v) is 1.29. The van der Waals surface area contributed by atoms with Crippen LogP contribution in [0.4, 0.5) is 0 Å². The topological polar surface area (TPSA) is 41.8 Å². The van der Waals surface area contributed by atoms with Crippen molar-refractivity contribution in [2.75, 3.05) is 6.54 Å². The van der Waals surface area contributed by atoms with Gasteiger partial charge in [-0.3, -0.25) is 4.99 Å². The summed E-state index contributed by atoms with van der Waals surface area (Å²) in [6, 6.07) is 0. The monoisotopic (exact) mass is 130 g/mol. The molecule has 0 aromatic carbocycles. The first-order valence-electron chi connectivity index (χ1n) is 2.12. The Hall–Kier alpha value is -0.640. The predicted molar refractivity (Wildman–Crippen MR) is 37.1 cm³/mol. The van der Waals surface area contributed by atoms with Crippen molar-refractivity contribution < 1.29 is 4.21 Å². The van der Waals surface area contributed by atoms with Gasteiger partial charge in [0.25, 0.3) is 0 Å². The molecule has 4 heteroatoms. The van der Waals surface area contributed by atoms with Crippen molar-refractivity contribution in [3.05, 3.63) is 0 Å². The summed E-state index contributed by atoms with van der Waals surface area (Å²) in [6.07, 6.45) is 0. The van der Waals surface area contributed by atoms with Crippen LogP contribution in [0.2, 0.25) is 0 Å². The van der Waals surface area contributed by atoms with Crippen LogP contribution in [0.3, 0.4) is 0 Å². The van der Waals surface area contributed by atoms with Gasteiger partial charge >= 0.3 is 0 Å². The van der Waals surface area contributed by atoms with Gasteiger partial charge in [0, 0.05) is 12.1 Å². The van der Waals surface area contributed by atoms with E-state index in [1.54, 1.807) is 5.37 Å². The molecule has 0 fully saturated rings. The zero-order valence-corrected chi connectivity index (χ0v) is 5.10. The van der Waals surface area contributed by atoms with E-state index in [-0.39, 0.29) is 0 Å². The van der Waals surface area contributed by atoms with Gasteiger partial charge in [-0.15, -0.1) is 0 Å². The second-order valence-corrected chi connectivity index (χ2v) is 3.41. The highest BCUT2D eigenvalue weighted by atomic mass is 32.2. The molecule has 0 saturated carbocycles. The Kier molecular flexibility index (Phi) is 1.17. The highest BCUT2D eigenvalue weighted by Crippen LogP contribution is 1.92. The summed E-state index contributed by atoms with van der Waals surface area (Å²) in [7, 11) is -2.19. The van der Waals surface area contributed by atoms with Crippen LogP contribution in [0.25, 0.3) is 0 Å². The standard InChI is InChI=1S/C4H6N2OS/c1-5-8(7)3-2-6-4-8/h3-4H,1-2H2. The zero-order valence-electron chi connectivity index (χ0n) is 4.28. The number of hydrogen-bond donors (Lipinski definition) is 0. The number of hydrogen-bond acceptors (Lipinski definition) is 2. The van der Waals surface area contributed by atoms with Gasteiger partial charge in [0.2, 0.25) is 0 Å². The molecular formula is C4H6N2OS. The van der Waals surface area contributed by atoms with Gasteiger partial charge in [-0.1, -0.05) is 0 Å². The van der Waals surface area contributed by atoms with Crippen LogP contribution < -0.4 is 0 Å². The van der Waals surface area contributed by atoms with E-state index in [9.17, 15) is 4.21 Å². The van der Waals surface area contributed by atoms with Crippen molar-refractivity contribution in [1.29, 1.82) is 0 Å². The molecule has 0 bridgehead atoms. The van der Waals surface area contributed by atoms with Crippen molar-refractivity contribution in [2.45, 2.75) is 0 Å². The van der Waals surface area contributed by atoms with Crippen LogP contribution in [-0.2, 0) is 9.71 Å². The van der Waals surface area contributed by atoms with Crippen molar-refractivity contribution in [3.8, 4) is 0 Å². The lowest BCUT2D eigenvalue weighted by Gasteiger charge is -1.84. The molecule has 44 valence electrons. The molecule has 0 radical (unpaired) electrons. The maximum Gasteiger partial charge on any atom is 0.109 e. The highest BCUT2D eigenvalue weighted by Gasteiger charge is 2.00. The van der Waals surface area contributed by atoms with Crippen LogP contribution in [-0.4, -0.2) is 28.4 Å². The smallest absolute Gasteiger partial charge is 0.109 e. The average molecular weight is 130 g/mol. The SMILES string of the molecule is C=NS1(=O)=CCN=C1. The van der Waals surface area contributed by atoms with Crippen molar-refractivity contribution >= 4 is 27.3 Å². The molecule has 1 heterocycles. The first kappa shape index (κ1) is 5.50. The number of aliphatic imine (C=N–C) groups is 1. The first-order valence-corrected chi connectivity index (χ1v) is 3.76. The number of rotatable bonds is 1. The Morgan fingerprint density at radius 2 is 2.62 bits per heavy atom. The Morgan fingerprint density at radius 1 is 1.88 bits per heavy atom. The summed E-state index contributed by atoms with van der Waals surface area (Å²) in [4.78, 5) is 3.72. The lowest BCUT2D eigenvalue weighted by atomic mass is 10.8. The predicted octanol–water partition coefficient (Wildman–Crippen LogP) is -0.269. The van der Waals surface area contributed by atoms with Crippen molar-refractivity contribution in [2.24, 2.45) is 9.39 Å². The first-order chi connectivity index (χ1) is 3.77. The molecule has 1 aliphatic heterocycles. The van der Waals surface area contributed by atoms with Gasteiger partial charge in [0.05, 0.1) is 12.1 Å². The summed E-state index contributed by atoms with van der Waals surface area (Å²) in [5, 5.41) is 1.56. The van der Waals surface area contributed by atoms with Gasteiger partial charge in [-0.05, 0) is 0 Å². The molecule has 0 aromatic rings. The van der Waals surface area contributed by atoms with Crippen LogP contribution >= 0.6 is 0 Å². The van der Waals surface area contributed by atoms with E-state index in [0.717, 1.165) is 0 Å². The molecule has 0 N–H and O–H groups in total. The third-order valence-electron chi connectivity index (χ3n) is 0.846. The van der Waals surface area contributed by atoms with Gasteiger partial charge in [0.1, 0.15) is 9.71 Å². The fraction of sp³-hybridized carbons (Fsp3) is 0.250. The molecule has 1 rings (SSSR count). The number of nitrogens with zero attached hydrogens (tertiary/aromatic N) is 2. The summed E-state index contributed by atoms with van der Waals surface area (Å²) >= 11 is 0. The second kappa shape index (κ2) is 1.70. The van der Waals surface area contributed by atoms with Crippen molar-refractivity contribution in [3.63, 3.8) is 0 Å². The van der Waals surface area contributed by atoms with E-state index in [1.165, 1.54) is 5.55 Å². The second-order valence-electron chi connectivity index (χ2n) is 1.38. The molecule has 1 atom stereocenters. The van der Waals surface area contributed by atoms with Gasteiger partial charge in [-0.25, -0.2) is 8.61 Å². The van der Waals surface area contributed by atoms with Crippen LogP contribution in [0, 0.1) is 0 Å². The minimum atomic E-state index is -2.19. The zero-order chi connectivity index (χ0) is 6.04. The van der Waals surface area contributed by atoms with Crippen molar-refractivity contribution in [1.82, 2.24) is 0 Å². The fourth-order valence-electron chi connectivity index (χ4n) is 0.429. The molecule has 0 aromatic heterocycles. The molecule has 1 aliphatic rings. The third-order valence-corrected chi connectivity index (χ3v) is 2.33. The average Bonchev–Trinajstić information content (AvgIpc) is 2.17. The summed E-state index contributed by atoms with van der Waals surface area (Å²) in [5.41, 5.74) is 1.35. The van der Waals surface area contributed by atoms with Gasteiger partial charge in [-0.2, -0.15) is 0 Å². The van der Waals surface area contributed by atoms with Gasteiger partial charge < -0.3 is 0 Å². The van der Waals surface area contributed by atoms with Crippen LogP contribution in [0.5, 0.6) is 0 Å². The summed E-state index contributed by atoms with van der Waals surface area (Å²) in [6.45, 7) is 3.68. The Bertz CT molecular complexity index is 234. The third kappa shape index (κ3) is 0.790. The molecule has 0 amide bonds. The molecule has 0 saturated heterocycles. The highest BCUT2D eigenvalue weighted by molar-refractivity contribution is 8.12. The largest absolute Gasteiger partial charge is 0.278 e. The van der Waals surface area contributed by atoms with Gasteiger partial charge in [0.15, 0.2) is 0 Å². The van der Waals surface area contributed by atoms with E-state index in [1.807, 2.05) is 0 Å². The molecule has 0 spiro atoms. The van der Waals surface area contributed by atoms with Crippen LogP contribution in [0.1, 0.15) is 0 Å². The van der Waals surface area contributed by atoms with E-state index in [2.05, 4.69) is 16.1 Å². The van der Waals surface area contributed by atoms with E-state index in [4.69, 9.17) is 0 Å². The minimum absolute atomic E-state index is 0.512. The van der Waals surface area contributed by atoms with E-state index in [0.29, 0.717) is 6.54 Å². The Labute approximate surface area is 48.3 Å². The maximum atomic E-state index is 10.9. The minimum Gasteiger partial charge on any atom is -0.278 e. The lowest BCUT2D eigenvalue weighted by molar-refractivity contribution is 0.690. The van der Waals surface area contributed by atoms with E-state index >= 15 is 0 Å². The molecule has 0 aliphatic carbocycles. The molecule has 8 heavy (non-hydrogen) atoms. The van der Waals surface area contributed by atoms with E-state index < -0.39 is 9.71 Å².